The predicted octanol–water partition coefficient (Wildman–Crippen LogP) is 4.40. The number of aliphatic hydroxyl groups excluding tert-OH is 1. The SMILES string of the molecule is O=C(CSCC(O)c1ccccc1)Nc1cc(Cl)ccc1Cl. The molecule has 22 heavy (non-hydrogen) atoms. The van der Waals surface area contributed by atoms with Crippen molar-refractivity contribution in [2.24, 2.45) is 0 Å². The Morgan fingerprint density at radius 3 is 2.64 bits per heavy atom. The van der Waals surface area contributed by atoms with Gasteiger partial charge in [0.1, 0.15) is 0 Å². The number of amides is 1. The molecular weight excluding hydrogens is 341 g/mol. The van der Waals surface area contributed by atoms with E-state index >= 15 is 0 Å². The van der Waals surface area contributed by atoms with Gasteiger partial charge in [-0.05, 0) is 23.8 Å². The molecule has 0 fully saturated rings. The third-order valence-electron chi connectivity index (χ3n) is 2.90. The Labute approximate surface area is 143 Å². The van der Waals surface area contributed by atoms with E-state index in [2.05, 4.69) is 5.32 Å². The molecule has 0 saturated heterocycles. The van der Waals surface area contributed by atoms with Crippen molar-refractivity contribution in [2.45, 2.75) is 6.10 Å². The summed E-state index contributed by atoms with van der Waals surface area (Å²) in [4.78, 5) is 11.9. The lowest BCUT2D eigenvalue weighted by Crippen LogP contribution is -2.15. The molecule has 116 valence electrons. The molecule has 1 atom stereocenters. The Morgan fingerprint density at radius 2 is 1.91 bits per heavy atom. The Balaban J connectivity index is 1.80. The van der Waals surface area contributed by atoms with Gasteiger partial charge in [-0.25, -0.2) is 0 Å². The van der Waals surface area contributed by atoms with E-state index in [0.29, 0.717) is 21.5 Å². The summed E-state index contributed by atoms with van der Waals surface area (Å²) in [5.74, 6) is 0.488. The molecule has 0 aromatic heterocycles. The second-order valence-corrected chi connectivity index (χ2v) is 6.49. The molecule has 0 radical (unpaired) electrons. The zero-order valence-corrected chi connectivity index (χ0v) is 14.0. The van der Waals surface area contributed by atoms with Crippen LogP contribution in [0, 0.1) is 0 Å². The highest BCUT2D eigenvalue weighted by Gasteiger charge is 2.10. The first-order valence-corrected chi connectivity index (χ1v) is 8.53. The highest BCUT2D eigenvalue weighted by atomic mass is 35.5. The summed E-state index contributed by atoms with van der Waals surface area (Å²) >= 11 is 13.2. The molecule has 2 aromatic carbocycles. The van der Waals surface area contributed by atoms with Gasteiger partial charge in [-0.15, -0.1) is 11.8 Å². The molecular formula is C16H15Cl2NO2S. The van der Waals surface area contributed by atoms with E-state index in [1.165, 1.54) is 11.8 Å². The van der Waals surface area contributed by atoms with Crippen LogP contribution in [0.3, 0.4) is 0 Å². The molecule has 0 aliphatic rings. The second-order valence-electron chi connectivity index (χ2n) is 4.61. The van der Waals surface area contributed by atoms with Crippen molar-refractivity contribution in [3.63, 3.8) is 0 Å². The second kappa shape index (κ2) is 8.44. The van der Waals surface area contributed by atoms with Gasteiger partial charge < -0.3 is 10.4 Å². The first-order chi connectivity index (χ1) is 10.6. The maximum absolute atomic E-state index is 11.9. The average molecular weight is 356 g/mol. The molecule has 1 amide bonds. The summed E-state index contributed by atoms with van der Waals surface area (Å²) in [6, 6.07) is 14.2. The van der Waals surface area contributed by atoms with Crippen molar-refractivity contribution < 1.29 is 9.90 Å². The van der Waals surface area contributed by atoms with Crippen LogP contribution in [0.1, 0.15) is 11.7 Å². The van der Waals surface area contributed by atoms with Crippen molar-refractivity contribution in [1.82, 2.24) is 0 Å². The quantitative estimate of drug-likeness (QED) is 0.807. The predicted molar refractivity (Wildman–Crippen MR) is 93.8 cm³/mol. The van der Waals surface area contributed by atoms with Crippen LogP contribution in [-0.4, -0.2) is 22.5 Å². The number of benzene rings is 2. The molecule has 0 aliphatic heterocycles. The minimum atomic E-state index is -0.589. The zero-order valence-electron chi connectivity index (χ0n) is 11.6. The Hall–Kier alpha value is -1.20. The van der Waals surface area contributed by atoms with Gasteiger partial charge in [-0.3, -0.25) is 4.79 Å². The number of halogens is 2. The van der Waals surface area contributed by atoms with E-state index in [4.69, 9.17) is 23.2 Å². The van der Waals surface area contributed by atoms with Crippen molar-refractivity contribution in [3.05, 3.63) is 64.1 Å². The van der Waals surface area contributed by atoms with Gasteiger partial charge in [0.15, 0.2) is 0 Å². The van der Waals surface area contributed by atoms with Crippen LogP contribution < -0.4 is 5.32 Å². The van der Waals surface area contributed by atoms with Crippen molar-refractivity contribution in [2.75, 3.05) is 16.8 Å². The maximum atomic E-state index is 11.9. The van der Waals surface area contributed by atoms with Crippen LogP contribution in [0.25, 0.3) is 0 Å². The Kier molecular flexibility index (Phi) is 6.58. The summed E-state index contributed by atoms with van der Waals surface area (Å²) in [5, 5.41) is 13.7. The zero-order chi connectivity index (χ0) is 15.9. The summed E-state index contributed by atoms with van der Waals surface area (Å²) in [5.41, 5.74) is 1.33. The number of carbonyl (C=O) groups is 1. The van der Waals surface area contributed by atoms with E-state index in [1.54, 1.807) is 18.2 Å². The minimum absolute atomic E-state index is 0.186. The van der Waals surface area contributed by atoms with Crippen LogP contribution in [0.15, 0.2) is 48.5 Å². The summed E-state index contributed by atoms with van der Waals surface area (Å²) in [6.07, 6.45) is -0.589. The van der Waals surface area contributed by atoms with Gasteiger partial charge in [0.25, 0.3) is 0 Å². The van der Waals surface area contributed by atoms with Gasteiger partial charge >= 0.3 is 0 Å². The van der Waals surface area contributed by atoms with Crippen molar-refractivity contribution in [1.29, 1.82) is 0 Å². The molecule has 2 N–H and O–H groups in total. The van der Waals surface area contributed by atoms with Crippen LogP contribution in [0.2, 0.25) is 10.0 Å². The number of thioether (sulfide) groups is 1. The average Bonchev–Trinajstić information content (AvgIpc) is 2.51. The van der Waals surface area contributed by atoms with E-state index < -0.39 is 6.10 Å². The number of hydrogen-bond donors (Lipinski definition) is 2. The lowest BCUT2D eigenvalue weighted by atomic mass is 10.1. The number of hydrogen-bond acceptors (Lipinski definition) is 3. The first kappa shape index (κ1) is 17.2. The highest BCUT2D eigenvalue weighted by molar-refractivity contribution is 8.00. The van der Waals surface area contributed by atoms with Gasteiger partial charge in [-0.2, -0.15) is 0 Å². The van der Waals surface area contributed by atoms with Crippen LogP contribution in [-0.2, 0) is 4.79 Å². The number of aliphatic hydroxyl groups is 1. The molecule has 0 spiro atoms. The Morgan fingerprint density at radius 1 is 1.18 bits per heavy atom. The van der Waals surface area contributed by atoms with Crippen molar-refractivity contribution >= 4 is 46.6 Å². The molecule has 3 nitrogen and oxygen atoms in total. The maximum Gasteiger partial charge on any atom is 0.234 e. The molecule has 0 heterocycles. The summed E-state index contributed by atoms with van der Waals surface area (Å²) in [7, 11) is 0. The van der Waals surface area contributed by atoms with Gasteiger partial charge in [0.05, 0.1) is 22.6 Å². The van der Waals surface area contributed by atoms with Gasteiger partial charge in [0, 0.05) is 10.8 Å². The molecule has 1 unspecified atom stereocenters. The topological polar surface area (TPSA) is 49.3 Å². The smallest absolute Gasteiger partial charge is 0.234 e. The largest absolute Gasteiger partial charge is 0.388 e. The lowest BCUT2D eigenvalue weighted by molar-refractivity contribution is -0.113. The van der Waals surface area contributed by atoms with Crippen molar-refractivity contribution in [3.8, 4) is 0 Å². The molecule has 2 rings (SSSR count). The third kappa shape index (κ3) is 5.21. The minimum Gasteiger partial charge on any atom is -0.388 e. The monoisotopic (exact) mass is 355 g/mol. The van der Waals surface area contributed by atoms with Crippen LogP contribution in [0.4, 0.5) is 5.69 Å². The fraction of sp³-hybridized carbons (Fsp3) is 0.188. The Bertz CT molecular complexity index is 637. The fourth-order valence-corrected chi connectivity index (χ4v) is 2.94. The van der Waals surface area contributed by atoms with E-state index in [0.717, 1.165) is 5.56 Å². The highest BCUT2D eigenvalue weighted by Crippen LogP contribution is 2.25. The normalized spacial score (nSPS) is 12.0. The third-order valence-corrected chi connectivity index (χ3v) is 4.48. The van der Waals surface area contributed by atoms with Gasteiger partial charge in [0.2, 0.25) is 5.91 Å². The number of rotatable bonds is 6. The van der Waals surface area contributed by atoms with Crippen LogP contribution >= 0.6 is 35.0 Å². The summed E-state index contributed by atoms with van der Waals surface area (Å²) < 4.78 is 0. The first-order valence-electron chi connectivity index (χ1n) is 6.62. The number of nitrogens with one attached hydrogen (secondary N) is 1. The van der Waals surface area contributed by atoms with Gasteiger partial charge in [-0.1, -0.05) is 53.5 Å². The van der Waals surface area contributed by atoms with Crippen LogP contribution in [0.5, 0.6) is 0 Å². The number of carbonyl (C=O) groups excluding carboxylic acids is 1. The number of anilines is 1. The molecule has 0 saturated carbocycles. The molecule has 0 bridgehead atoms. The summed E-state index contributed by atoms with van der Waals surface area (Å²) in [6.45, 7) is 0. The lowest BCUT2D eigenvalue weighted by Gasteiger charge is -2.11. The molecule has 2 aromatic rings. The molecule has 0 aliphatic carbocycles. The van der Waals surface area contributed by atoms with E-state index in [1.807, 2.05) is 30.3 Å². The standard InChI is InChI=1S/C16H15Cl2NO2S/c17-12-6-7-13(18)14(8-12)19-16(21)10-22-9-15(20)11-4-2-1-3-5-11/h1-8,15,20H,9-10H2,(H,19,21). The fourth-order valence-electron chi connectivity index (χ4n) is 1.81. The van der Waals surface area contributed by atoms with E-state index in [-0.39, 0.29) is 11.7 Å². The molecule has 6 heteroatoms. The van der Waals surface area contributed by atoms with E-state index in [9.17, 15) is 9.90 Å².